The first kappa shape index (κ1) is 13.6. The van der Waals surface area contributed by atoms with Crippen LogP contribution in [0.4, 0.5) is 0 Å². The van der Waals surface area contributed by atoms with Crippen molar-refractivity contribution in [2.45, 2.75) is 30.9 Å². The van der Waals surface area contributed by atoms with Gasteiger partial charge >= 0.3 is 0 Å². The summed E-state index contributed by atoms with van der Waals surface area (Å²) in [6, 6.07) is 5.60. The highest BCUT2D eigenvalue weighted by atomic mass is 32.2. The number of carbonyl (C=O) groups is 2. The van der Waals surface area contributed by atoms with Crippen LogP contribution < -0.4 is 0 Å². The smallest absolute Gasteiger partial charge is 0.188 e. The van der Waals surface area contributed by atoms with E-state index in [4.69, 9.17) is 0 Å². The number of hydrogen-bond donors (Lipinski definition) is 0. The van der Waals surface area contributed by atoms with E-state index in [9.17, 15) is 18.0 Å². The zero-order valence-electron chi connectivity index (χ0n) is 9.93. The van der Waals surface area contributed by atoms with Crippen LogP contribution in [0.5, 0.6) is 0 Å². The van der Waals surface area contributed by atoms with Gasteiger partial charge in [-0.05, 0) is 32.9 Å². The molecule has 0 aromatic heterocycles. The lowest BCUT2D eigenvalue weighted by Gasteiger charge is -2.09. The molecule has 0 amide bonds. The van der Waals surface area contributed by atoms with Crippen molar-refractivity contribution in [3.8, 4) is 0 Å². The maximum atomic E-state index is 11.9. The summed E-state index contributed by atoms with van der Waals surface area (Å²) < 4.78 is 23.9. The molecule has 0 aliphatic heterocycles. The van der Waals surface area contributed by atoms with Crippen molar-refractivity contribution >= 4 is 21.4 Å². The summed E-state index contributed by atoms with van der Waals surface area (Å²) in [5.41, 5.74) is 0.444. The largest absolute Gasteiger partial charge is 0.299 e. The maximum Gasteiger partial charge on any atom is 0.188 e. The summed E-state index contributed by atoms with van der Waals surface area (Å²) in [6.45, 7) is 4.00. The molecule has 1 unspecified atom stereocenters. The summed E-state index contributed by atoms with van der Waals surface area (Å²) in [5.74, 6) is -0.533. The molecule has 1 aromatic carbocycles. The average Bonchev–Trinajstić information content (AvgIpc) is 2.27. The van der Waals surface area contributed by atoms with Crippen molar-refractivity contribution < 1.29 is 18.0 Å². The maximum absolute atomic E-state index is 11.9. The Morgan fingerprint density at radius 3 is 1.88 bits per heavy atom. The highest BCUT2D eigenvalue weighted by Crippen LogP contribution is 2.17. The molecule has 0 N–H and O–H groups in total. The van der Waals surface area contributed by atoms with E-state index in [1.165, 1.54) is 45.0 Å². The third-order valence-electron chi connectivity index (χ3n) is 2.63. The minimum Gasteiger partial charge on any atom is -0.299 e. The summed E-state index contributed by atoms with van der Waals surface area (Å²) >= 11 is 0. The number of carbonyl (C=O) groups excluding carboxylic acids is 2. The van der Waals surface area contributed by atoms with E-state index in [0.717, 1.165) is 0 Å². The third kappa shape index (κ3) is 2.79. The van der Waals surface area contributed by atoms with E-state index in [1.54, 1.807) is 0 Å². The van der Waals surface area contributed by atoms with Crippen molar-refractivity contribution in [1.29, 1.82) is 0 Å². The molecular weight excluding hydrogens is 240 g/mol. The molecule has 17 heavy (non-hydrogen) atoms. The van der Waals surface area contributed by atoms with E-state index in [0.29, 0.717) is 5.56 Å². The first-order chi connectivity index (χ1) is 7.76. The molecule has 0 fully saturated rings. The van der Waals surface area contributed by atoms with Crippen LogP contribution >= 0.6 is 0 Å². The lowest BCUT2D eigenvalue weighted by atomic mass is 10.2. The van der Waals surface area contributed by atoms with Crippen molar-refractivity contribution in [2.24, 2.45) is 0 Å². The van der Waals surface area contributed by atoms with E-state index >= 15 is 0 Å². The van der Waals surface area contributed by atoms with E-state index < -0.39 is 20.9 Å². The van der Waals surface area contributed by atoms with Gasteiger partial charge in [0.1, 0.15) is 11.0 Å². The van der Waals surface area contributed by atoms with Crippen molar-refractivity contribution in [2.75, 3.05) is 0 Å². The monoisotopic (exact) mass is 254 g/mol. The van der Waals surface area contributed by atoms with Crippen LogP contribution in [0.25, 0.3) is 0 Å². The van der Waals surface area contributed by atoms with Crippen molar-refractivity contribution in [3.63, 3.8) is 0 Å². The summed E-state index contributed by atoms with van der Waals surface area (Å²) in [4.78, 5) is 22.2. The number of benzene rings is 1. The molecule has 5 heteroatoms. The predicted octanol–water partition coefficient (Wildman–Crippen LogP) is 1.64. The molecule has 0 bridgehead atoms. The van der Waals surface area contributed by atoms with Gasteiger partial charge in [-0.15, -0.1) is 0 Å². The SMILES string of the molecule is CC(=O)c1ccc(S(=O)(=O)C(C)C(C)=O)cc1. The number of hydrogen-bond acceptors (Lipinski definition) is 4. The number of rotatable bonds is 4. The van der Waals surface area contributed by atoms with Gasteiger partial charge in [-0.2, -0.15) is 0 Å². The highest BCUT2D eigenvalue weighted by Gasteiger charge is 2.26. The summed E-state index contributed by atoms with van der Waals surface area (Å²) in [5, 5.41) is -1.06. The molecule has 4 nitrogen and oxygen atoms in total. The van der Waals surface area contributed by atoms with Crippen molar-refractivity contribution in [3.05, 3.63) is 29.8 Å². The summed E-state index contributed by atoms with van der Waals surface area (Å²) in [7, 11) is -3.64. The lowest BCUT2D eigenvalue weighted by Crippen LogP contribution is -2.25. The van der Waals surface area contributed by atoms with Crippen LogP contribution in [0.3, 0.4) is 0 Å². The van der Waals surface area contributed by atoms with Crippen molar-refractivity contribution in [1.82, 2.24) is 0 Å². The second-order valence-corrected chi connectivity index (χ2v) is 6.15. The van der Waals surface area contributed by atoms with Crippen LogP contribution in [-0.4, -0.2) is 25.2 Å². The zero-order chi connectivity index (χ0) is 13.2. The first-order valence-corrected chi connectivity index (χ1v) is 6.67. The van der Waals surface area contributed by atoms with Crippen LogP contribution in [0.2, 0.25) is 0 Å². The second-order valence-electron chi connectivity index (χ2n) is 3.88. The average molecular weight is 254 g/mol. The molecule has 1 atom stereocenters. The first-order valence-electron chi connectivity index (χ1n) is 5.12. The third-order valence-corrected chi connectivity index (χ3v) is 4.82. The fraction of sp³-hybridized carbons (Fsp3) is 0.333. The highest BCUT2D eigenvalue weighted by molar-refractivity contribution is 7.92. The molecule has 0 aliphatic rings. The molecule has 0 spiro atoms. The molecule has 0 radical (unpaired) electrons. The molecular formula is C12H14O4S. The number of ketones is 2. The van der Waals surface area contributed by atoms with Gasteiger partial charge in [0, 0.05) is 5.56 Å². The Kier molecular flexibility index (Phi) is 3.83. The molecule has 1 rings (SSSR count). The second kappa shape index (κ2) is 4.79. The summed E-state index contributed by atoms with van der Waals surface area (Å²) in [6.07, 6.45) is 0. The minimum atomic E-state index is -3.64. The minimum absolute atomic E-state index is 0.0604. The van der Waals surface area contributed by atoms with Crippen LogP contribution in [-0.2, 0) is 14.6 Å². The predicted molar refractivity (Wildman–Crippen MR) is 63.8 cm³/mol. The van der Waals surface area contributed by atoms with Gasteiger partial charge in [-0.1, -0.05) is 12.1 Å². The van der Waals surface area contributed by atoms with E-state index in [1.807, 2.05) is 0 Å². The van der Waals surface area contributed by atoms with Gasteiger partial charge in [-0.3, -0.25) is 9.59 Å². The van der Waals surface area contributed by atoms with Crippen LogP contribution in [0.15, 0.2) is 29.2 Å². The Balaban J connectivity index is 3.17. The quantitative estimate of drug-likeness (QED) is 0.766. The Hall–Kier alpha value is -1.49. The molecule has 0 aliphatic carbocycles. The standard InChI is InChI=1S/C12H14O4S/c1-8(13)10(3)17(15,16)12-6-4-11(5-7-12)9(2)14/h4-7,10H,1-3H3. The fourth-order valence-corrected chi connectivity index (χ4v) is 2.66. The lowest BCUT2D eigenvalue weighted by molar-refractivity contribution is -0.116. The van der Waals surface area contributed by atoms with Crippen LogP contribution in [0, 0.1) is 0 Å². The molecule has 0 heterocycles. The Bertz CT molecular complexity index is 540. The Morgan fingerprint density at radius 2 is 1.53 bits per heavy atom. The zero-order valence-corrected chi connectivity index (χ0v) is 10.7. The van der Waals surface area contributed by atoms with Gasteiger partial charge in [0.05, 0.1) is 4.90 Å². The van der Waals surface area contributed by atoms with Crippen LogP contribution in [0.1, 0.15) is 31.1 Å². The number of sulfone groups is 1. The van der Waals surface area contributed by atoms with Gasteiger partial charge < -0.3 is 0 Å². The van der Waals surface area contributed by atoms with Gasteiger partial charge in [0.15, 0.2) is 15.6 Å². The normalized spacial score (nSPS) is 13.1. The molecule has 0 saturated heterocycles. The Labute approximate surface area is 101 Å². The topological polar surface area (TPSA) is 68.3 Å². The van der Waals surface area contributed by atoms with E-state index in [-0.39, 0.29) is 10.7 Å². The Morgan fingerprint density at radius 1 is 1.06 bits per heavy atom. The number of Topliss-reactive ketones (excluding diaryl/α,β-unsaturated/α-hetero) is 2. The molecule has 1 aromatic rings. The fourth-order valence-electron chi connectivity index (χ4n) is 1.30. The van der Waals surface area contributed by atoms with Gasteiger partial charge in [-0.25, -0.2) is 8.42 Å². The molecule has 92 valence electrons. The van der Waals surface area contributed by atoms with E-state index in [2.05, 4.69) is 0 Å². The van der Waals surface area contributed by atoms with Gasteiger partial charge in [0.2, 0.25) is 0 Å². The van der Waals surface area contributed by atoms with Gasteiger partial charge in [0.25, 0.3) is 0 Å². The molecule has 0 saturated carbocycles.